The van der Waals surface area contributed by atoms with Crippen LogP contribution in [0, 0.1) is 11.6 Å². The predicted octanol–water partition coefficient (Wildman–Crippen LogP) is 3.00. The number of hydrogen-bond donors (Lipinski definition) is 3. The summed E-state index contributed by atoms with van der Waals surface area (Å²) in [6, 6.07) is 9.69. The Hall–Kier alpha value is -2.90. The number of aromatic nitrogens is 1. The molecule has 0 spiro atoms. The van der Waals surface area contributed by atoms with Crippen LogP contribution in [0.1, 0.15) is 19.3 Å². The van der Waals surface area contributed by atoms with Crippen molar-refractivity contribution in [3.63, 3.8) is 0 Å². The molecular formula is C21H28F2N6. The lowest BCUT2D eigenvalue weighted by Crippen LogP contribution is -2.45. The van der Waals surface area contributed by atoms with Gasteiger partial charge in [-0.3, -0.25) is 4.99 Å². The molecule has 2 heterocycles. The van der Waals surface area contributed by atoms with Crippen LogP contribution in [-0.4, -0.2) is 50.2 Å². The fraction of sp³-hybridized carbons (Fsp3) is 0.429. The highest BCUT2D eigenvalue weighted by molar-refractivity contribution is 5.80. The molecule has 3 N–H and O–H groups in total. The summed E-state index contributed by atoms with van der Waals surface area (Å²) in [4.78, 5) is 10.4. The first kappa shape index (κ1) is 20.8. The van der Waals surface area contributed by atoms with Gasteiger partial charge in [0.15, 0.2) is 5.96 Å². The molecule has 0 aliphatic carbocycles. The van der Waals surface area contributed by atoms with Crippen molar-refractivity contribution >= 4 is 17.5 Å². The molecular weight excluding hydrogens is 374 g/mol. The van der Waals surface area contributed by atoms with Gasteiger partial charge in [0.25, 0.3) is 0 Å². The Bertz CT molecular complexity index is 799. The first-order chi connectivity index (χ1) is 14.2. The molecule has 1 fully saturated rings. The van der Waals surface area contributed by atoms with E-state index in [0.29, 0.717) is 12.2 Å². The number of benzene rings is 1. The van der Waals surface area contributed by atoms with E-state index in [0.717, 1.165) is 56.7 Å². The highest BCUT2D eigenvalue weighted by Gasteiger charge is 2.25. The van der Waals surface area contributed by atoms with Gasteiger partial charge in [-0.2, -0.15) is 0 Å². The monoisotopic (exact) mass is 402 g/mol. The molecule has 1 aromatic heterocycles. The molecule has 156 valence electrons. The lowest BCUT2D eigenvalue weighted by molar-refractivity contribution is 0.580. The summed E-state index contributed by atoms with van der Waals surface area (Å²) in [5.41, 5.74) is 0.444. The summed E-state index contributed by atoms with van der Waals surface area (Å²) in [7, 11) is 1.74. The Morgan fingerprint density at radius 3 is 2.83 bits per heavy atom. The molecule has 0 bridgehead atoms. The average molecular weight is 402 g/mol. The molecule has 6 nitrogen and oxygen atoms in total. The second-order valence-electron chi connectivity index (χ2n) is 7.02. The molecule has 2 aromatic rings. The quantitative estimate of drug-likeness (QED) is 0.360. The van der Waals surface area contributed by atoms with Gasteiger partial charge in [-0.05, 0) is 43.5 Å². The SMILES string of the molecule is CN=C(NCCCCNc1ccccn1)NC1CCN(c2ccc(F)cc2F)C1. The fourth-order valence-corrected chi connectivity index (χ4v) is 3.36. The number of rotatable bonds is 8. The Balaban J connectivity index is 1.35. The summed E-state index contributed by atoms with van der Waals surface area (Å²) in [6.07, 6.45) is 4.65. The van der Waals surface area contributed by atoms with Crippen LogP contribution in [0.2, 0.25) is 0 Å². The van der Waals surface area contributed by atoms with E-state index in [9.17, 15) is 8.78 Å². The lowest BCUT2D eigenvalue weighted by Gasteiger charge is -2.21. The molecule has 1 aliphatic heterocycles. The van der Waals surface area contributed by atoms with E-state index in [1.807, 2.05) is 23.1 Å². The Morgan fingerprint density at radius 1 is 1.21 bits per heavy atom. The molecule has 8 heteroatoms. The van der Waals surface area contributed by atoms with E-state index in [1.54, 1.807) is 13.2 Å². The Morgan fingerprint density at radius 2 is 2.07 bits per heavy atom. The third kappa shape index (κ3) is 6.30. The number of hydrogen-bond acceptors (Lipinski definition) is 4. The lowest BCUT2D eigenvalue weighted by atomic mass is 10.2. The van der Waals surface area contributed by atoms with Crippen molar-refractivity contribution in [3.05, 3.63) is 54.2 Å². The van der Waals surface area contributed by atoms with E-state index in [4.69, 9.17) is 0 Å². The number of pyridine rings is 1. The summed E-state index contributed by atoms with van der Waals surface area (Å²) < 4.78 is 27.1. The van der Waals surface area contributed by atoms with Crippen molar-refractivity contribution < 1.29 is 8.78 Å². The Kier molecular flexibility index (Phi) is 7.61. The highest BCUT2D eigenvalue weighted by Crippen LogP contribution is 2.24. The van der Waals surface area contributed by atoms with Gasteiger partial charge < -0.3 is 20.9 Å². The molecule has 1 saturated heterocycles. The molecule has 0 saturated carbocycles. The first-order valence-corrected chi connectivity index (χ1v) is 9.98. The molecule has 1 aliphatic rings. The Labute approximate surface area is 170 Å². The second kappa shape index (κ2) is 10.6. The van der Waals surface area contributed by atoms with E-state index >= 15 is 0 Å². The zero-order valence-electron chi connectivity index (χ0n) is 16.7. The van der Waals surface area contributed by atoms with Crippen LogP contribution in [0.5, 0.6) is 0 Å². The van der Waals surface area contributed by atoms with E-state index in [2.05, 4.69) is 25.9 Å². The van der Waals surface area contributed by atoms with Crippen LogP contribution in [0.4, 0.5) is 20.3 Å². The number of halogens is 2. The van der Waals surface area contributed by atoms with Gasteiger partial charge in [0.1, 0.15) is 17.5 Å². The van der Waals surface area contributed by atoms with Crippen LogP contribution in [0.25, 0.3) is 0 Å². The number of nitrogens with one attached hydrogen (secondary N) is 3. The summed E-state index contributed by atoms with van der Waals surface area (Å²) in [5.74, 6) is 0.558. The van der Waals surface area contributed by atoms with Gasteiger partial charge in [-0.25, -0.2) is 13.8 Å². The molecule has 3 rings (SSSR count). The molecule has 29 heavy (non-hydrogen) atoms. The van der Waals surface area contributed by atoms with Crippen molar-refractivity contribution in [3.8, 4) is 0 Å². The van der Waals surface area contributed by atoms with Gasteiger partial charge in [0.2, 0.25) is 0 Å². The number of nitrogens with zero attached hydrogens (tertiary/aromatic N) is 3. The summed E-state index contributed by atoms with van der Waals surface area (Å²) in [5, 5.41) is 10.00. The minimum Gasteiger partial charge on any atom is -0.370 e. The fourth-order valence-electron chi connectivity index (χ4n) is 3.36. The van der Waals surface area contributed by atoms with Gasteiger partial charge in [0, 0.05) is 51.5 Å². The topological polar surface area (TPSA) is 64.6 Å². The normalized spacial score (nSPS) is 16.7. The zero-order valence-corrected chi connectivity index (χ0v) is 16.7. The first-order valence-electron chi connectivity index (χ1n) is 9.98. The zero-order chi connectivity index (χ0) is 20.5. The third-order valence-electron chi connectivity index (χ3n) is 4.87. The van der Waals surface area contributed by atoms with Crippen molar-refractivity contribution in [1.29, 1.82) is 0 Å². The summed E-state index contributed by atoms with van der Waals surface area (Å²) >= 11 is 0. The largest absolute Gasteiger partial charge is 0.370 e. The smallest absolute Gasteiger partial charge is 0.191 e. The van der Waals surface area contributed by atoms with Crippen LogP contribution in [0.3, 0.4) is 0 Å². The average Bonchev–Trinajstić information content (AvgIpc) is 3.18. The number of anilines is 2. The maximum Gasteiger partial charge on any atom is 0.191 e. The van der Waals surface area contributed by atoms with Gasteiger partial charge in [-0.15, -0.1) is 0 Å². The van der Waals surface area contributed by atoms with Gasteiger partial charge in [-0.1, -0.05) is 6.07 Å². The number of aliphatic imine (C=N–C) groups is 1. The van der Waals surface area contributed by atoms with E-state index in [1.165, 1.54) is 12.1 Å². The van der Waals surface area contributed by atoms with E-state index < -0.39 is 11.6 Å². The molecule has 1 unspecified atom stereocenters. The van der Waals surface area contributed by atoms with Crippen LogP contribution in [0.15, 0.2) is 47.6 Å². The number of unbranched alkanes of at least 4 members (excludes halogenated alkanes) is 1. The minimum absolute atomic E-state index is 0.163. The standard InChI is InChI=1S/C21H28F2N6/c1-24-21(27-12-5-4-11-26-20-6-2-3-10-25-20)28-17-9-13-29(15-17)19-8-7-16(22)14-18(19)23/h2-3,6-8,10,14,17H,4-5,9,11-13,15H2,1H3,(H,25,26)(H2,24,27,28). The molecule has 0 radical (unpaired) electrons. The minimum atomic E-state index is -0.556. The van der Waals surface area contributed by atoms with Crippen LogP contribution < -0.4 is 20.9 Å². The van der Waals surface area contributed by atoms with Crippen LogP contribution >= 0.6 is 0 Å². The maximum absolute atomic E-state index is 14.0. The molecule has 1 atom stereocenters. The van der Waals surface area contributed by atoms with Gasteiger partial charge in [0.05, 0.1) is 5.69 Å². The van der Waals surface area contributed by atoms with Crippen molar-refractivity contribution in [2.75, 3.05) is 43.4 Å². The van der Waals surface area contributed by atoms with Crippen molar-refractivity contribution in [2.24, 2.45) is 4.99 Å². The van der Waals surface area contributed by atoms with Gasteiger partial charge >= 0.3 is 0 Å². The van der Waals surface area contributed by atoms with Crippen molar-refractivity contribution in [2.45, 2.75) is 25.3 Å². The highest BCUT2D eigenvalue weighted by atomic mass is 19.1. The summed E-state index contributed by atoms with van der Waals surface area (Å²) in [6.45, 7) is 3.05. The molecule has 1 aromatic carbocycles. The van der Waals surface area contributed by atoms with E-state index in [-0.39, 0.29) is 6.04 Å². The molecule has 0 amide bonds. The second-order valence-corrected chi connectivity index (χ2v) is 7.02. The van der Waals surface area contributed by atoms with Crippen molar-refractivity contribution in [1.82, 2.24) is 15.6 Å². The number of guanidine groups is 1. The van der Waals surface area contributed by atoms with Crippen LogP contribution in [-0.2, 0) is 0 Å². The predicted molar refractivity (Wildman–Crippen MR) is 113 cm³/mol. The maximum atomic E-state index is 14.0. The third-order valence-corrected chi connectivity index (χ3v) is 4.87.